The molecule has 6 aromatic rings. The molecule has 54 heavy (non-hydrogen) atoms. The van der Waals surface area contributed by atoms with Crippen LogP contribution in [-0.4, -0.2) is 55.5 Å². The number of hydrogen-bond acceptors (Lipinski definition) is 15. The number of aromatic nitrogens is 6. The summed E-state index contributed by atoms with van der Waals surface area (Å²) in [5.41, 5.74) is 2.64. The Balaban J connectivity index is 0.00000125. The third-order valence-electron chi connectivity index (χ3n) is 6.63. The second kappa shape index (κ2) is 20.9. The first kappa shape index (κ1) is 44.1. The quantitative estimate of drug-likeness (QED) is 0.0515. The molecule has 0 atom stereocenters. The molecule has 2 aromatic heterocycles. The summed E-state index contributed by atoms with van der Waals surface area (Å²) in [6.07, 6.45) is 3.45. The minimum Gasteiger partial charge on any atom is -0.744 e. The molecule has 0 bridgehead atoms. The SMILES string of the molecule is O=S(=O)=O.O=c1nc(Nc2ccc(/C=C/c3[c-]cc(Nc4nc(Cl)nc(Nc5ccccc5)n4)cc3)c(S(=O)(=O)[O-])c2)nc(Cc2ccccc2)[nH]1.[Na+].[Na+]. The van der Waals surface area contributed by atoms with Crippen molar-refractivity contribution in [2.75, 3.05) is 16.0 Å². The largest absolute Gasteiger partial charge is 1.00 e. The predicted molar refractivity (Wildman–Crippen MR) is 191 cm³/mol. The van der Waals surface area contributed by atoms with Crippen molar-refractivity contribution in [2.24, 2.45) is 0 Å². The molecule has 21 heteroatoms. The van der Waals surface area contributed by atoms with Crippen molar-refractivity contribution in [2.45, 2.75) is 11.3 Å². The average molecular weight is 804 g/mol. The van der Waals surface area contributed by atoms with Crippen LogP contribution < -0.4 is 80.8 Å². The maximum absolute atomic E-state index is 12.2. The van der Waals surface area contributed by atoms with E-state index in [1.54, 1.807) is 30.3 Å². The first-order valence-electron chi connectivity index (χ1n) is 14.7. The molecule has 0 saturated heterocycles. The minimum absolute atomic E-state index is 0. The molecule has 2 heterocycles. The fraction of sp³-hybridized carbons (Fsp3) is 0.0303. The number of nitrogens with one attached hydrogen (secondary N) is 4. The Morgan fingerprint density at radius 3 is 1.93 bits per heavy atom. The van der Waals surface area contributed by atoms with Gasteiger partial charge in [-0.1, -0.05) is 60.7 Å². The summed E-state index contributed by atoms with van der Waals surface area (Å²) < 4.78 is 61.9. The molecule has 6 rings (SSSR count). The third-order valence-corrected chi connectivity index (χ3v) is 7.69. The zero-order valence-electron chi connectivity index (χ0n) is 28.4. The van der Waals surface area contributed by atoms with Gasteiger partial charge in [-0.15, -0.1) is 43.0 Å². The second-order valence-corrected chi connectivity index (χ2v) is 12.5. The Kier molecular flexibility index (Phi) is 17.1. The fourth-order valence-electron chi connectivity index (χ4n) is 4.49. The number of aromatic amines is 1. The molecule has 0 aliphatic rings. The smallest absolute Gasteiger partial charge is 0.744 e. The molecule has 264 valence electrons. The van der Waals surface area contributed by atoms with Crippen molar-refractivity contribution in [3.05, 3.63) is 141 Å². The molecule has 0 aliphatic carbocycles. The number of benzene rings is 4. The van der Waals surface area contributed by atoms with Crippen LogP contribution in [0.1, 0.15) is 22.5 Å². The Hall–Kier alpha value is -4.34. The summed E-state index contributed by atoms with van der Waals surface area (Å²) in [6, 6.07) is 31.1. The normalized spacial score (nSPS) is 10.6. The van der Waals surface area contributed by atoms with Crippen LogP contribution in [0.2, 0.25) is 5.28 Å². The summed E-state index contributed by atoms with van der Waals surface area (Å²) in [7, 11) is -7.99. The first-order chi connectivity index (χ1) is 24.9. The Bertz CT molecular complexity index is 2500. The first-order valence-corrected chi connectivity index (χ1v) is 17.5. The van der Waals surface area contributed by atoms with Gasteiger partial charge in [0.2, 0.25) is 23.1 Å². The van der Waals surface area contributed by atoms with Gasteiger partial charge in [0.15, 0.2) is 0 Å². The van der Waals surface area contributed by atoms with Gasteiger partial charge in [0.05, 0.1) is 4.90 Å². The van der Waals surface area contributed by atoms with Gasteiger partial charge in [0.1, 0.15) is 15.9 Å². The monoisotopic (exact) mass is 803 g/mol. The minimum atomic E-state index is -4.88. The van der Waals surface area contributed by atoms with E-state index in [0.717, 1.165) is 11.3 Å². The third kappa shape index (κ3) is 14.1. The Morgan fingerprint density at radius 2 is 1.31 bits per heavy atom. The van der Waals surface area contributed by atoms with Crippen molar-refractivity contribution in [1.29, 1.82) is 0 Å². The number of rotatable bonds is 11. The summed E-state index contributed by atoms with van der Waals surface area (Å²) in [5.74, 6) is 0.783. The van der Waals surface area contributed by atoms with E-state index in [-0.39, 0.29) is 93.5 Å². The molecule has 0 unspecified atom stereocenters. The van der Waals surface area contributed by atoms with Crippen LogP contribution in [0.5, 0.6) is 0 Å². The van der Waals surface area contributed by atoms with Crippen LogP contribution >= 0.6 is 11.6 Å². The van der Waals surface area contributed by atoms with Crippen LogP contribution in [0.3, 0.4) is 0 Å². The molecule has 16 nitrogen and oxygen atoms in total. The van der Waals surface area contributed by atoms with Crippen molar-refractivity contribution in [3.8, 4) is 0 Å². The number of anilines is 6. The number of H-pyrrole nitrogens is 1. The second-order valence-electron chi connectivity index (χ2n) is 10.4. The Morgan fingerprint density at radius 1 is 0.741 bits per heavy atom. The summed E-state index contributed by atoms with van der Waals surface area (Å²) in [6.45, 7) is 0. The number of hydrogen-bond donors (Lipinski definition) is 4. The van der Waals surface area contributed by atoms with Crippen LogP contribution in [0.15, 0.2) is 107 Å². The zero-order chi connectivity index (χ0) is 37.1. The van der Waals surface area contributed by atoms with Crippen molar-refractivity contribution >= 4 is 79.4 Å². The number of nitrogens with zero attached hydrogens (tertiary/aromatic N) is 5. The molecule has 0 spiro atoms. The van der Waals surface area contributed by atoms with Gasteiger partial charge in [-0.3, -0.25) is 4.98 Å². The van der Waals surface area contributed by atoms with Gasteiger partial charge in [0, 0.05) is 17.8 Å². The van der Waals surface area contributed by atoms with Gasteiger partial charge in [-0.2, -0.15) is 30.5 Å². The van der Waals surface area contributed by atoms with Gasteiger partial charge >= 0.3 is 75.4 Å². The van der Waals surface area contributed by atoms with Gasteiger partial charge in [-0.25, -0.2) is 13.2 Å². The molecule has 4 N–H and O–H groups in total. The predicted octanol–water partition coefficient (Wildman–Crippen LogP) is -1.30. The van der Waals surface area contributed by atoms with Crippen LogP contribution in [0, 0.1) is 6.07 Å². The van der Waals surface area contributed by atoms with E-state index in [2.05, 4.69) is 51.9 Å². The summed E-state index contributed by atoms with van der Waals surface area (Å²) in [4.78, 5) is 35.0. The van der Waals surface area contributed by atoms with E-state index in [4.69, 9.17) is 24.2 Å². The van der Waals surface area contributed by atoms with Crippen LogP contribution in [-0.2, 0) is 27.1 Å². The summed E-state index contributed by atoms with van der Waals surface area (Å²) in [5, 5.41) is 8.93. The van der Waals surface area contributed by atoms with E-state index in [1.807, 2.05) is 60.7 Å². The van der Waals surface area contributed by atoms with E-state index < -0.39 is 31.3 Å². The molecular weight excluding hydrogens is 780 g/mol. The molecule has 0 saturated carbocycles. The molecule has 0 aliphatic heterocycles. The van der Waals surface area contributed by atoms with E-state index in [9.17, 15) is 17.8 Å². The topological polar surface area (TPSA) is 242 Å². The Labute approximate surface area is 359 Å². The van der Waals surface area contributed by atoms with E-state index in [0.29, 0.717) is 23.5 Å². The van der Waals surface area contributed by atoms with E-state index >= 15 is 0 Å². The maximum Gasteiger partial charge on any atom is 1.00 e. The number of para-hydroxylation sites is 1. The fourth-order valence-corrected chi connectivity index (χ4v) is 5.35. The van der Waals surface area contributed by atoms with Crippen molar-refractivity contribution in [3.63, 3.8) is 0 Å². The molecular formula is C33H24ClN9Na2O7S2. The standard InChI is InChI=1S/C33H25ClN9O4S.2Na.O3S/c34-29-40-31(35-24-9-5-2-6-10-24)42-32(41-29)36-25-16-12-21(13-17-25)11-14-23-15-18-26(20-27(23)48(45,46)47)37-30-38-28(39-33(44)43-30)19-22-7-3-1-4-8-22;;;1-4(2)3/h1-12,14-18,20H,19H2,(H,45,46,47)(H2,35,36,40,41,42)(H2,37,38,39,43,44);;;/q-1;2*+1;/p-1/b14-11+;;;. The van der Waals surface area contributed by atoms with E-state index in [1.165, 1.54) is 18.2 Å². The van der Waals surface area contributed by atoms with Crippen LogP contribution in [0.25, 0.3) is 12.2 Å². The van der Waals surface area contributed by atoms with Gasteiger partial charge < -0.3 is 20.5 Å². The average Bonchev–Trinajstić information content (AvgIpc) is 3.08. The molecule has 0 radical (unpaired) electrons. The summed E-state index contributed by atoms with van der Waals surface area (Å²) >= 11 is 6.09. The number of halogens is 1. The molecule has 0 fully saturated rings. The van der Waals surface area contributed by atoms with Gasteiger partial charge in [0.25, 0.3) is 0 Å². The van der Waals surface area contributed by atoms with Crippen molar-refractivity contribution < 1.29 is 84.7 Å². The molecule has 0 amide bonds. The van der Waals surface area contributed by atoms with Gasteiger partial charge in [-0.05, 0) is 52.7 Å². The maximum atomic E-state index is 12.2. The zero-order valence-corrected chi connectivity index (χ0v) is 34.8. The van der Waals surface area contributed by atoms with Crippen molar-refractivity contribution in [1.82, 2.24) is 29.9 Å². The van der Waals surface area contributed by atoms with Crippen LogP contribution in [0.4, 0.5) is 34.9 Å². The molecule has 4 aromatic carbocycles.